The van der Waals surface area contributed by atoms with Crippen LogP contribution in [0.5, 0.6) is 0 Å². The molecule has 4 heteroatoms. The number of carbonyl (C=O) groups is 1. The van der Waals surface area contributed by atoms with Gasteiger partial charge in [-0.25, -0.2) is 4.98 Å². The van der Waals surface area contributed by atoms with E-state index in [0.29, 0.717) is 0 Å². The van der Waals surface area contributed by atoms with Crippen LogP contribution in [0.3, 0.4) is 0 Å². The molecule has 0 unspecified atom stereocenters. The van der Waals surface area contributed by atoms with E-state index in [4.69, 9.17) is 4.98 Å². The summed E-state index contributed by atoms with van der Waals surface area (Å²) in [4.78, 5) is 17.3. The molecule has 1 N–H and O–H groups in total. The Morgan fingerprint density at radius 3 is 2.53 bits per heavy atom. The van der Waals surface area contributed by atoms with Gasteiger partial charge in [-0.1, -0.05) is 61.7 Å². The largest absolute Gasteiger partial charge is 0.356 e. The fourth-order valence-electron chi connectivity index (χ4n) is 4.62. The van der Waals surface area contributed by atoms with E-state index in [1.165, 1.54) is 30.3 Å². The second-order valence-electron chi connectivity index (χ2n) is 8.49. The van der Waals surface area contributed by atoms with E-state index in [0.717, 1.165) is 63.0 Å². The molecule has 158 valence electrons. The van der Waals surface area contributed by atoms with Crippen LogP contribution in [0.1, 0.15) is 56.3 Å². The summed E-state index contributed by atoms with van der Waals surface area (Å²) in [5.41, 5.74) is 3.67. The van der Waals surface area contributed by atoms with Crippen LogP contribution in [0.4, 0.5) is 0 Å². The van der Waals surface area contributed by atoms with E-state index in [9.17, 15) is 4.79 Å². The molecular formula is C26H33N3O. The van der Waals surface area contributed by atoms with Crippen molar-refractivity contribution >= 4 is 16.9 Å². The normalized spacial score (nSPS) is 14.8. The summed E-state index contributed by atoms with van der Waals surface area (Å²) in [6.45, 7) is 1.71. The molecule has 1 fully saturated rings. The van der Waals surface area contributed by atoms with Gasteiger partial charge in [-0.2, -0.15) is 0 Å². The van der Waals surface area contributed by atoms with Gasteiger partial charge in [-0.15, -0.1) is 0 Å². The van der Waals surface area contributed by atoms with Crippen LogP contribution >= 0.6 is 0 Å². The van der Waals surface area contributed by atoms with Gasteiger partial charge in [-0.3, -0.25) is 4.79 Å². The summed E-state index contributed by atoms with van der Waals surface area (Å²) in [7, 11) is 0. The van der Waals surface area contributed by atoms with Crippen LogP contribution in [-0.4, -0.2) is 22.0 Å². The number of nitrogens with zero attached hydrogens (tertiary/aromatic N) is 2. The van der Waals surface area contributed by atoms with Crippen molar-refractivity contribution in [1.29, 1.82) is 0 Å². The second-order valence-corrected chi connectivity index (χ2v) is 8.49. The molecule has 0 atom stereocenters. The van der Waals surface area contributed by atoms with Crippen LogP contribution < -0.4 is 5.32 Å². The predicted molar refractivity (Wildman–Crippen MR) is 122 cm³/mol. The zero-order chi connectivity index (χ0) is 20.6. The molecule has 1 saturated carbocycles. The highest BCUT2D eigenvalue weighted by Crippen LogP contribution is 2.23. The van der Waals surface area contributed by atoms with Crippen molar-refractivity contribution in [3.63, 3.8) is 0 Å². The minimum absolute atomic E-state index is 0.237. The number of benzene rings is 2. The standard InChI is InChI=1S/C26H33N3O/c30-26(22-14-5-2-6-15-22)27-19-9-18-25-28-23-16-7-8-17-24(23)29(25)20-10-13-21-11-3-1-4-12-21/h1,3-4,7-8,11-12,16-17,22H,2,5-6,9-10,13-15,18-20H2,(H,27,30). The molecule has 1 heterocycles. The first kappa shape index (κ1) is 20.6. The van der Waals surface area contributed by atoms with Crippen molar-refractivity contribution in [2.45, 2.75) is 64.3 Å². The quantitative estimate of drug-likeness (QED) is 0.493. The highest BCUT2D eigenvalue weighted by molar-refractivity contribution is 5.78. The minimum atomic E-state index is 0.237. The van der Waals surface area contributed by atoms with Gasteiger partial charge in [0, 0.05) is 25.4 Å². The molecule has 4 rings (SSSR count). The summed E-state index contributed by atoms with van der Waals surface area (Å²) in [5.74, 6) is 1.63. The smallest absolute Gasteiger partial charge is 0.223 e. The number of aromatic nitrogens is 2. The van der Waals surface area contributed by atoms with Gasteiger partial charge in [0.15, 0.2) is 0 Å². The number of amides is 1. The summed E-state index contributed by atoms with van der Waals surface area (Å²) in [6.07, 6.45) is 9.79. The average molecular weight is 404 g/mol. The van der Waals surface area contributed by atoms with Gasteiger partial charge in [0.2, 0.25) is 5.91 Å². The topological polar surface area (TPSA) is 46.9 Å². The lowest BCUT2D eigenvalue weighted by atomic mass is 9.89. The number of carbonyl (C=O) groups excluding carboxylic acids is 1. The van der Waals surface area contributed by atoms with Gasteiger partial charge in [0.25, 0.3) is 0 Å². The van der Waals surface area contributed by atoms with Gasteiger partial charge in [0.1, 0.15) is 5.82 Å². The summed E-state index contributed by atoms with van der Waals surface area (Å²) >= 11 is 0. The third-order valence-corrected chi connectivity index (χ3v) is 6.28. The maximum atomic E-state index is 12.4. The Morgan fingerprint density at radius 1 is 0.933 bits per heavy atom. The van der Waals surface area contributed by atoms with E-state index in [2.05, 4.69) is 64.5 Å². The molecule has 1 aromatic heterocycles. The Morgan fingerprint density at radius 2 is 1.70 bits per heavy atom. The van der Waals surface area contributed by atoms with Gasteiger partial charge in [-0.05, 0) is 49.8 Å². The lowest BCUT2D eigenvalue weighted by molar-refractivity contribution is -0.125. The van der Waals surface area contributed by atoms with E-state index < -0.39 is 0 Å². The molecule has 4 nitrogen and oxygen atoms in total. The first-order valence-corrected chi connectivity index (χ1v) is 11.6. The Balaban J connectivity index is 1.33. The number of hydrogen-bond acceptors (Lipinski definition) is 2. The highest BCUT2D eigenvalue weighted by atomic mass is 16.1. The lowest BCUT2D eigenvalue weighted by Gasteiger charge is -2.20. The molecule has 0 spiro atoms. The fourth-order valence-corrected chi connectivity index (χ4v) is 4.62. The van der Waals surface area contributed by atoms with Crippen molar-refractivity contribution in [1.82, 2.24) is 14.9 Å². The van der Waals surface area contributed by atoms with E-state index in [1.54, 1.807) is 0 Å². The number of fused-ring (bicyclic) bond motifs is 1. The summed E-state index contributed by atoms with van der Waals surface area (Å²) < 4.78 is 2.38. The second kappa shape index (κ2) is 10.4. The molecule has 0 radical (unpaired) electrons. The Bertz CT molecular complexity index is 941. The van der Waals surface area contributed by atoms with Crippen molar-refractivity contribution in [2.75, 3.05) is 6.54 Å². The molecule has 1 aliphatic rings. The van der Waals surface area contributed by atoms with Crippen molar-refractivity contribution in [2.24, 2.45) is 5.92 Å². The number of para-hydroxylation sites is 2. The molecule has 1 amide bonds. The third-order valence-electron chi connectivity index (χ3n) is 6.28. The molecule has 0 saturated heterocycles. The maximum absolute atomic E-state index is 12.4. The molecule has 30 heavy (non-hydrogen) atoms. The maximum Gasteiger partial charge on any atom is 0.223 e. The number of nitrogens with one attached hydrogen (secondary N) is 1. The monoisotopic (exact) mass is 403 g/mol. The van der Waals surface area contributed by atoms with Crippen LogP contribution in [0.25, 0.3) is 11.0 Å². The van der Waals surface area contributed by atoms with Crippen LogP contribution in [0, 0.1) is 5.92 Å². The van der Waals surface area contributed by atoms with E-state index in [1.807, 2.05) is 0 Å². The highest BCUT2D eigenvalue weighted by Gasteiger charge is 2.20. The molecule has 0 aliphatic heterocycles. The Labute approximate surface area is 179 Å². The number of imidazole rings is 1. The predicted octanol–water partition coefficient (Wildman–Crippen LogP) is 5.30. The first-order chi connectivity index (χ1) is 14.8. The van der Waals surface area contributed by atoms with E-state index in [-0.39, 0.29) is 11.8 Å². The number of hydrogen-bond donors (Lipinski definition) is 1. The SMILES string of the molecule is O=C(NCCCc1nc2ccccc2n1CCCc1ccccc1)C1CCCCC1. The van der Waals surface area contributed by atoms with Gasteiger partial charge >= 0.3 is 0 Å². The minimum Gasteiger partial charge on any atom is -0.356 e. The van der Waals surface area contributed by atoms with E-state index >= 15 is 0 Å². The Hall–Kier alpha value is -2.62. The molecule has 3 aromatic rings. The number of aryl methyl sites for hydroxylation is 3. The van der Waals surface area contributed by atoms with Gasteiger partial charge in [0.05, 0.1) is 11.0 Å². The van der Waals surface area contributed by atoms with Gasteiger partial charge < -0.3 is 9.88 Å². The van der Waals surface area contributed by atoms with Crippen LogP contribution in [0.15, 0.2) is 54.6 Å². The number of rotatable bonds is 9. The zero-order valence-electron chi connectivity index (χ0n) is 17.9. The first-order valence-electron chi connectivity index (χ1n) is 11.6. The van der Waals surface area contributed by atoms with Crippen molar-refractivity contribution in [3.8, 4) is 0 Å². The van der Waals surface area contributed by atoms with Crippen molar-refractivity contribution in [3.05, 3.63) is 66.0 Å². The third kappa shape index (κ3) is 5.29. The molecule has 0 bridgehead atoms. The average Bonchev–Trinajstić information content (AvgIpc) is 3.15. The summed E-state index contributed by atoms with van der Waals surface area (Å²) in [5, 5.41) is 3.16. The van der Waals surface area contributed by atoms with Crippen LogP contribution in [-0.2, 0) is 24.2 Å². The van der Waals surface area contributed by atoms with Crippen molar-refractivity contribution < 1.29 is 4.79 Å². The van der Waals surface area contributed by atoms with Crippen LogP contribution in [0.2, 0.25) is 0 Å². The summed E-state index contributed by atoms with van der Waals surface area (Å²) in [6, 6.07) is 19.1. The molecule has 2 aromatic carbocycles. The Kier molecular flexibility index (Phi) is 7.17. The molecule has 1 aliphatic carbocycles. The fraction of sp³-hybridized carbons (Fsp3) is 0.462. The zero-order valence-corrected chi connectivity index (χ0v) is 17.9. The lowest BCUT2D eigenvalue weighted by Crippen LogP contribution is -2.32. The molecular weight excluding hydrogens is 370 g/mol.